The van der Waals surface area contributed by atoms with Crippen molar-refractivity contribution >= 4 is 23.0 Å². The number of thiophene rings is 1. The molecule has 2 N–H and O–H groups in total. The molecule has 20 heavy (non-hydrogen) atoms. The lowest BCUT2D eigenvalue weighted by Crippen LogP contribution is -2.28. The van der Waals surface area contributed by atoms with Gasteiger partial charge in [-0.3, -0.25) is 4.79 Å². The van der Waals surface area contributed by atoms with E-state index in [4.69, 9.17) is 0 Å². The van der Waals surface area contributed by atoms with Crippen LogP contribution in [0.1, 0.15) is 22.2 Å². The maximum absolute atomic E-state index is 12.0. The van der Waals surface area contributed by atoms with Crippen molar-refractivity contribution in [2.75, 3.05) is 5.32 Å². The van der Waals surface area contributed by atoms with Gasteiger partial charge in [0.25, 0.3) is 5.56 Å². The summed E-state index contributed by atoms with van der Waals surface area (Å²) in [6.07, 6.45) is 0. The van der Waals surface area contributed by atoms with Gasteiger partial charge in [0.2, 0.25) is 5.95 Å². The molecule has 0 aliphatic carbocycles. The van der Waals surface area contributed by atoms with E-state index in [9.17, 15) is 4.79 Å². The van der Waals surface area contributed by atoms with Gasteiger partial charge in [-0.05, 0) is 28.8 Å². The monoisotopic (exact) mass is 287 g/mol. The zero-order valence-electron chi connectivity index (χ0n) is 10.4. The Hall–Kier alpha value is -2.55. The molecule has 4 rings (SSSR count). The Morgan fingerprint density at radius 1 is 1.45 bits per heavy atom. The fraction of sp³-hybridized carbons (Fsp3) is 0.182. The molecule has 8 nitrogen and oxygen atoms in total. The van der Waals surface area contributed by atoms with Gasteiger partial charge in [-0.25, -0.2) is 5.10 Å². The highest BCUT2D eigenvalue weighted by molar-refractivity contribution is 7.10. The lowest BCUT2D eigenvalue weighted by molar-refractivity contribution is 0.569. The van der Waals surface area contributed by atoms with Gasteiger partial charge < -0.3 is 5.32 Å². The first-order valence-electron chi connectivity index (χ1n) is 5.93. The van der Waals surface area contributed by atoms with E-state index in [0.717, 1.165) is 16.1 Å². The second-order valence-electron chi connectivity index (χ2n) is 4.42. The molecule has 1 atom stereocenters. The van der Waals surface area contributed by atoms with E-state index in [-0.39, 0.29) is 11.6 Å². The van der Waals surface area contributed by atoms with Crippen molar-refractivity contribution in [3.63, 3.8) is 0 Å². The van der Waals surface area contributed by atoms with Crippen molar-refractivity contribution < 1.29 is 0 Å². The second kappa shape index (κ2) is 3.97. The molecule has 0 unspecified atom stereocenters. The third-order valence-corrected chi connectivity index (χ3v) is 4.20. The van der Waals surface area contributed by atoms with Crippen LogP contribution in [0.5, 0.6) is 0 Å². The number of H-pyrrole nitrogens is 1. The number of aromatic amines is 1. The number of fused-ring (bicyclic) bond motifs is 2. The minimum absolute atomic E-state index is 0.231. The van der Waals surface area contributed by atoms with Crippen molar-refractivity contribution in [2.45, 2.75) is 13.0 Å². The van der Waals surface area contributed by atoms with Crippen molar-refractivity contribution in [3.05, 3.63) is 44.0 Å². The SMILES string of the molecule is Cc1n[nH]c(=O)c2c1[C@@H](c1cccs1)n1nnnc1N2. The van der Waals surface area contributed by atoms with E-state index < -0.39 is 0 Å². The van der Waals surface area contributed by atoms with Gasteiger partial charge in [0.1, 0.15) is 11.7 Å². The predicted octanol–water partition coefficient (Wildman–Crippen LogP) is 0.821. The molecule has 1 aliphatic heterocycles. The summed E-state index contributed by atoms with van der Waals surface area (Å²) in [4.78, 5) is 13.1. The molecule has 0 bridgehead atoms. The summed E-state index contributed by atoms with van der Waals surface area (Å²) in [7, 11) is 0. The number of hydrogen-bond acceptors (Lipinski definition) is 7. The predicted molar refractivity (Wildman–Crippen MR) is 72.3 cm³/mol. The normalized spacial score (nSPS) is 16.4. The van der Waals surface area contributed by atoms with Crippen LogP contribution in [0.2, 0.25) is 0 Å². The smallest absolute Gasteiger partial charge is 0.288 e. The fourth-order valence-corrected chi connectivity index (χ4v) is 3.22. The first-order valence-corrected chi connectivity index (χ1v) is 6.81. The Labute approximate surface area is 116 Å². The summed E-state index contributed by atoms with van der Waals surface area (Å²) in [5.41, 5.74) is 1.72. The topological polar surface area (TPSA) is 101 Å². The maximum Gasteiger partial charge on any atom is 0.288 e. The van der Waals surface area contributed by atoms with E-state index in [1.54, 1.807) is 16.0 Å². The Morgan fingerprint density at radius 3 is 3.15 bits per heavy atom. The highest BCUT2D eigenvalue weighted by Crippen LogP contribution is 2.38. The molecule has 9 heteroatoms. The third-order valence-electron chi connectivity index (χ3n) is 3.27. The molecule has 0 saturated carbocycles. The zero-order valence-corrected chi connectivity index (χ0v) is 11.2. The lowest BCUT2D eigenvalue weighted by Gasteiger charge is -2.25. The molecule has 3 aromatic rings. The van der Waals surface area contributed by atoms with Gasteiger partial charge >= 0.3 is 0 Å². The van der Waals surface area contributed by atoms with Gasteiger partial charge in [-0.15, -0.1) is 11.3 Å². The Bertz CT molecular complexity index is 835. The van der Waals surface area contributed by atoms with Crippen LogP contribution in [0.3, 0.4) is 0 Å². The number of nitrogens with zero attached hydrogens (tertiary/aromatic N) is 5. The van der Waals surface area contributed by atoms with E-state index >= 15 is 0 Å². The van der Waals surface area contributed by atoms with Crippen LogP contribution < -0.4 is 10.9 Å². The summed E-state index contributed by atoms with van der Waals surface area (Å²) < 4.78 is 1.67. The van der Waals surface area contributed by atoms with Crippen LogP contribution in [0, 0.1) is 6.92 Å². The maximum atomic E-state index is 12.0. The van der Waals surface area contributed by atoms with Crippen LogP contribution >= 0.6 is 11.3 Å². The first-order chi connectivity index (χ1) is 9.75. The zero-order chi connectivity index (χ0) is 13.7. The molecular weight excluding hydrogens is 278 g/mol. The quantitative estimate of drug-likeness (QED) is 0.537. The average Bonchev–Trinajstić information content (AvgIpc) is 3.11. The molecule has 3 aromatic heterocycles. The molecule has 0 radical (unpaired) electrons. The summed E-state index contributed by atoms with van der Waals surface area (Å²) in [5, 5.41) is 23.1. The number of nitrogens with one attached hydrogen (secondary N) is 2. The minimum atomic E-state index is -0.276. The minimum Gasteiger partial charge on any atom is -0.318 e. The summed E-state index contributed by atoms with van der Waals surface area (Å²) in [6.45, 7) is 1.85. The standard InChI is InChI=1S/C11H9N7OS/c1-5-7-8(10(19)14-13-5)12-11-15-16-17-18(11)9(7)6-3-2-4-20-6/h2-4,9H,1H3,(H,14,19)(H,12,15,17)/t9-/m1/s1. The largest absolute Gasteiger partial charge is 0.318 e. The van der Waals surface area contributed by atoms with E-state index in [1.807, 2.05) is 24.4 Å². The van der Waals surface area contributed by atoms with Crippen LogP contribution in [-0.2, 0) is 0 Å². The molecular formula is C11H9N7OS. The number of hydrogen-bond donors (Lipinski definition) is 2. The third kappa shape index (κ3) is 1.43. The molecule has 0 fully saturated rings. The van der Waals surface area contributed by atoms with E-state index in [1.165, 1.54) is 0 Å². The van der Waals surface area contributed by atoms with Crippen LogP contribution in [-0.4, -0.2) is 30.4 Å². The van der Waals surface area contributed by atoms with Crippen molar-refractivity contribution in [1.29, 1.82) is 0 Å². The number of tetrazole rings is 1. The van der Waals surface area contributed by atoms with E-state index in [2.05, 4.69) is 31.0 Å². The van der Waals surface area contributed by atoms with Crippen molar-refractivity contribution in [2.24, 2.45) is 0 Å². The second-order valence-corrected chi connectivity index (χ2v) is 5.40. The molecule has 100 valence electrons. The van der Waals surface area contributed by atoms with Gasteiger partial charge in [-0.2, -0.15) is 9.78 Å². The lowest BCUT2D eigenvalue weighted by atomic mass is 10.0. The summed E-state index contributed by atoms with van der Waals surface area (Å²) >= 11 is 1.59. The molecule has 0 amide bonds. The number of anilines is 2. The number of aromatic nitrogens is 6. The number of aryl methyl sites for hydroxylation is 1. The molecule has 0 saturated heterocycles. The molecule has 0 aromatic carbocycles. The van der Waals surface area contributed by atoms with Crippen molar-refractivity contribution in [3.8, 4) is 0 Å². The summed E-state index contributed by atoms with van der Waals surface area (Å²) in [5.74, 6) is 0.451. The van der Waals surface area contributed by atoms with Crippen LogP contribution in [0.25, 0.3) is 0 Å². The Balaban J connectivity index is 2.06. The average molecular weight is 287 g/mol. The Morgan fingerprint density at radius 2 is 2.35 bits per heavy atom. The van der Waals surface area contributed by atoms with Crippen molar-refractivity contribution in [1.82, 2.24) is 30.4 Å². The molecule has 4 heterocycles. The first kappa shape index (κ1) is 11.3. The fourth-order valence-electron chi connectivity index (χ4n) is 2.41. The Kier molecular flexibility index (Phi) is 2.24. The van der Waals surface area contributed by atoms with Gasteiger partial charge in [-0.1, -0.05) is 11.2 Å². The summed E-state index contributed by atoms with van der Waals surface area (Å²) in [6, 6.07) is 3.73. The molecule has 0 spiro atoms. The van der Waals surface area contributed by atoms with Gasteiger partial charge in [0.15, 0.2) is 0 Å². The molecule has 1 aliphatic rings. The highest BCUT2D eigenvalue weighted by Gasteiger charge is 2.33. The highest BCUT2D eigenvalue weighted by atomic mass is 32.1. The van der Waals surface area contributed by atoms with E-state index in [0.29, 0.717) is 11.6 Å². The van der Waals surface area contributed by atoms with Crippen LogP contribution in [0.4, 0.5) is 11.6 Å². The van der Waals surface area contributed by atoms with Gasteiger partial charge in [0.05, 0.1) is 5.69 Å². The number of rotatable bonds is 1. The van der Waals surface area contributed by atoms with Gasteiger partial charge in [0, 0.05) is 10.4 Å². The van der Waals surface area contributed by atoms with Crippen LogP contribution in [0.15, 0.2) is 22.3 Å².